The van der Waals surface area contributed by atoms with E-state index in [0.717, 1.165) is 30.6 Å². The van der Waals surface area contributed by atoms with Crippen molar-refractivity contribution in [1.29, 1.82) is 0 Å². The highest BCUT2D eigenvalue weighted by molar-refractivity contribution is 5.37. The summed E-state index contributed by atoms with van der Waals surface area (Å²) in [4.78, 5) is 0. The van der Waals surface area contributed by atoms with Gasteiger partial charge >= 0.3 is 0 Å². The summed E-state index contributed by atoms with van der Waals surface area (Å²) in [5, 5.41) is 9.13. The summed E-state index contributed by atoms with van der Waals surface area (Å²) in [6, 6.07) is 4.64. The molecule has 1 heterocycles. The predicted octanol–water partition coefficient (Wildman–Crippen LogP) is 2.54. The molecule has 3 heteroatoms. The number of benzene rings is 1. The van der Waals surface area contributed by atoms with Gasteiger partial charge in [-0.1, -0.05) is 13.3 Å². The van der Waals surface area contributed by atoms with Crippen molar-refractivity contribution in [1.82, 2.24) is 0 Å². The molecule has 1 aromatic carbocycles. The lowest BCUT2D eigenvalue weighted by molar-refractivity contribution is 0.147. The zero-order chi connectivity index (χ0) is 11.5. The van der Waals surface area contributed by atoms with E-state index in [0.29, 0.717) is 0 Å². The first kappa shape index (κ1) is 11.4. The van der Waals surface area contributed by atoms with Gasteiger partial charge in [0, 0.05) is 18.6 Å². The zero-order valence-corrected chi connectivity index (χ0v) is 9.45. The van der Waals surface area contributed by atoms with Gasteiger partial charge in [-0.3, -0.25) is 0 Å². The van der Waals surface area contributed by atoms with Crippen molar-refractivity contribution >= 4 is 0 Å². The number of hydrogen-bond donors (Lipinski definition) is 1. The Balaban J connectivity index is 2.00. The Morgan fingerprint density at radius 3 is 3.06 bits per heavy atom. The Hall–Kier alpha value is -1.09. The Labute approximate surface area is 95.1 Å². The Bertz CT molecular complexity index is 361. The van der Waals surface area contributed by atoms with Crippen LogP contribution in [0.25, 0.3) is 0 Å². The van der Waals surface area contributed by atoms with Gasteiger partial charge in [0.25, 0.3) is 0 Å². The van der Waals surface area contributed by atoms with Crippen molar-refractivity contribution in [3.8, 4) is 5.75 Å². The third kappa shape index (κ3) is 2.35. The van der Waals surface area contributed by atoms with Crippen molar-refractivity contribution in [2.45, 2.75) is 32.3 Å². The number of hydrogen-bond acceptors (Lipinski definition) is 2. The summed E-state index contributed by atoms with van der Waals surface area (Å²) in [6.45, 7) is 2.25. The van der Waals surface area contributed by atoms with Crippen LogP contribution in [-0.2, 0) is 6.42 Å². The lowest BCUT2D eigenvalue weighted by Gasteiger charge is -2.16. The molecule has 2 atom stereocenters. The van der Waals surface area contributed by atoms with Crippen LogP contribution in [0.4, 0.5) is 4.39 Å². The molecule has 16 heavy (non-hydrogen) atoms. The molecule has 1 aliphatic heterocycles. The molecule has 0 saturated heterocycles. The molecular weight excluding hydrogens is 207 g/mol. The van der Waals surface area contributed by atoms with Gasteiger partial charge < -0.3 is 9.84 Å². The molecule has 88 valence electrons. The van der Waals surface area contributed by atoms with Crippen molar-refractivity contribution in [3.05, 3.63) is 29.6 Å². The van der Waals surface area contributed by atoms with Crippen molar-refractivity contribution < 1.29 is 14.2 Å². The van der Waals surface area contributed by atoms with Gasteiger partial charge in [0.15, 0.2) is 0 Å². The highest BCUT2D eigenvalue weighted by Gasteiger charge is 2.25. The maximum Gasteiger partial charge on any atom is 0.123 e. The number of halogens is 1. The quantitative estimate of drug-likeness (QED) is 0.851. The summed E-state index contributed by atoms with van der Waals surface area (Å²) in [5.74, 6) is 0.862. The maximum absolute atomic E-state index is 13.0. The molecule has 0 bridgehead atoms. The second-order valence-corrected chi connectivity index (χ2v) is 4.39. The third-order valence-corrected chi connectivity index (χ3v) is 3.20. The zero-order valence-electron chi connectivity index (χ0n) is 9.45. The molecule has 2 rings (SSSR count). The van der Waals surface area contributed by atoms with Crippen LogP contribution in [0.2, 0.25) is 0 Å². The first-order chi connectivity index (χ1) is 7.72. The fourth-order valence-electron chi connectivity index (χ4n) is 2.16. The molecule has 2 nitrogen and oxygen atoms in total. The largest absolute Gasteiger partial charge is 0.490 e. The lowest BCUT2D eigenvalue weighted by Crippen LogP contribution is -2.19. The molecular formula is C13H17FO2. The first-order valence-corrected chi connectivity index (χ1v) is 5.78. The lowest BCUT2D eigenvalue weighted by atomic mass is 9.97. The minimum Gasteiger partial charge on any atom is -0.490 e. The van der Waals surface area contributed by atoms with Crippen molar-refractivity contribution in [2.24, 2.45) is 5.92 Å². The molecule has 1 aromatic rings. The average Bonchev–Trinajstić information content (AvgIpc) is 2.67. The van der Waals surface area contributed by atoms with Gasteiger partial charge in [0.05, 0.1) is 0 Å². The smallest absolute Gasteiger partial charge is 0.123 e. The number of fused-ring (bicyclic) bond motifs is 1. The highest BCUT2D eigenvalue weighted by Crippen LogP contribution is 2.32. The van der Waals surface area contributed by atoms with Crippen LogP contribution in [0.1, 0.15) is 25.3 Å². The highest BCUT2D eigenvalue weighted by atomic mass is 19.1. The van der Waals surface area contributed by atoms with Crippen LogP contribution in [0.3, 0.4) is 0 Å². The molecule has 1 N–H and O–H groups in total. The molecule has 0 spiro atoms. The second kappa shape index (κ2) is 4.83. The fourth-order valence-corrected chi connectivity index (χ4v) is 2.16. The van der Waals surface area contributed by atoms with Gasteiger partial charge in [0.1, 0.15) is 17.7 Å². The Kier molecular flexibility index (Phi) is 3.44. The molecule has 0 aliphatic carbocycles. The van der Waals surface area contributed by atoms with Crippen molar-refractivity contribution in [3.63, 3.8) is 0 Å². The van der Waals surface area contributed by atoms with Crippen molar-refractivity contribution in [2.75, 3.05) is 6.61 Å². The van der Waals surface area contributed by atoms with Gasteiger partial charge in [-0.15, -0.1) is 0 Å². The summed E-state index contributed by atoms with van der Waals surface area (Å²) in [5.41, 5.74) is 0.942. The van der Waals surface area contributed by atoms with Gasteiger partial charge in [-0.2, -0.15) is 0 Å². The van der Waals surface area contributed by atoms with E-state index in [1.807, 2.05) is 0 Å². The van der Waals surface area contributed by atoms with Gasteiger partial charge in [-0.25, -0.2) is 4.39 Å². The number of ether oxygens (including phenoxy) is 1. The average molecular weight is 224 g/mol. The monoisotopic (exact) mass is 224 g/mol. The molecule has 0 amide bonds. The van der Waals surface area contributed by atoms with Gasteiger partial charge in [-0.05, 0) is 30.5 Å². The fraction of sp³-hybridized carbons (Fsp3) is 0.538. The molecule has 0 fully saturated rings. The van der Waals surface area contributed by atoms with E-state index in [-0.39, 0.29) is 24.4 Å². The van der Waals surface area contributed by atoms with Crippen LogP contribution in [0.5, 0.6) is 5.75 Å². The summed E-state index contributed by atoms with van der Waals surface area (Å²) >= 11 is 0. The Morgan fingerprint density at radius 2 is 2.38 bits per heavy atom. The van der Waals surface area contributed by atoms with E-state index in [2.05, 4.69) is 6.92 Å². The third-order valence-electron chi connectivity index (χ3n) is 3.20. The van der Waals surface area contributed by atoms with E-state index >= 15 is 0 Å². The molecule has 0 saturated carbocycles. The maximum atomic E-state index is 13.0. The van der Waals surface area contributed by atoms with E-state index in [4.69, 9.17) is 9.84 Å². The number of aliphatic hydroxyl groups is 1. The first-order valence-electron chi connectivity index (χ1n) is 5.78. The molecule has 0 radical (unpaired) electrons. The summed E-state index contributed by atoms with van der Waals surface area (Å²) in [6.07, 6.45) is 2.63. The topological polar surface area (TPSA) is 29.5 Å². The van der Waals surface area contributed by atoms with Crippen LogP contribution < -0.4 is 4.74 Å². The standard InChI is InChI=1S/C13H17FO2/c1-2-9(8-15)5-12-7-10-6-11(14)3-4-13(10)16-12/h3-4,6,9,12,15H,2,5,7-8H2,1H3. The molecule has 1 aliphatic rings. The number of rotatable bonds is 4. The SMILES string of the molecule is CCC(CO)CC1Cc2cc(F)ccc2O1. The van der Waals surface area contributed by atoms with Crippen LogP contribution in [0.15, 0.2) is 18.2 Å². The normalized spacial score (nSPS) is 20.3. The van der Waals surface area contributed by atoms with E-state index in [1.165, 1.54) is 12.1 Å². The second-order valence-electron chi connectivity index (χ2n) is 4.39. The molecule has 2 unspecified atom stereocenters. The molecule has 0 aromatic heterocycles. The summed E-state index contributed by atoms with van der Waals surface area (Å²) in [7, 11) is 0. The van der Waals surface area contributed by atoms with E-state index < -0.39 is 0 Å². The van der Waals surface area contributed by atoms with Crippen LogP contribution >= 0.6 is 0 Å². The number of aliphatic hydroxyl groups excluding tert-OH is 1. The van der Waals surface area contributed by atoms with Crippen LogP contribution in [-0.4, -0.2) is 17.8 Å². The minimum absolute atomic E-state index is 0.0916. The minimum atomic E-state index is -0.211. The van der Waals surface area contributed by atoms with E-state index in [9.17, 15) is 4.39 Å². The predicted molar refractivity (Wildman–Crippen MR) is 60.0 cm³/mol. The van der Waals surface area contributed by atoms with E-state index in [1.54, 1.807) is 6.07 Å². The Morgan fingerprint density at radius 1 is 1.56 bits per heavy atom. The van der Waals surface area contributed by atoms with Crippen LogP contribution in [0, 0.1) is 11.7 Å². The summed E-state index contributed by atoms with van der Waals surface area (Å²) < 4.78 is 18.7. The van der Waals surface area contributed by atoms with Gasteiger partial charge in [0.2, 0.25) is 0 Å².